The van der Waals surface area contributed by atoms with Crippen molar-refractivity contribution in [3.63, 3.8) is 0 Å². The number of hydrogen-bond donors (Lipinski definition) is 1. The van der Waals surface area contributed by atoms with Gasteiger partial charge in [-0.1, -0.05) is 0 Å². The monoisotopic (exact) mass is 318 g/mol. The van der Waals surface area contributed by atoms with E-state index in [0.29, 0.717) is 4.90 Å². The van der Waals surface area contributed by atoms with Crippen LogP contribution in [0.2, 0.25) is 0 Å². The largest absolute Gasteiger partial charge is 0.368 e. The van der Waals surface area contributed by atoms with Crippen LogP contribution < -0.4 is 10.2 Å². The minimum atomic E-state index is -3.13. The Bertz CT molecular complexity index is 510. The highest BCUT2D eigenvalue weighted by Gasteiger charge is 2.15. The van der Waals surface area contributed by atoms with E-state index in [-0.39, 0.29) is 0 Å². The van der Waals surface area contributed by atoms with Crippen LogP contribution in [0, 0.1) is 0 Å². The molecule has 94 valence electrons. The first-order valence-electron chi connectivity index (χ1n) is 5.44. The van der Waals surface area contributed by atoms with Gasteiger partial charge >= 0.3 is 0 Å². The zero-order valence-electron chi connectivity index (χ0n) is 9.61. The highest BCUT2D eigenvalue weighted by Crippen LogP contribution is 2.29. The van der Waals surface area contributed by atoms with Crippen molar-refractivity contribution in [3.8, 4) is 0 Å². The van der Waals surface area contributed by atoms with Crippen LogP contribution >= 0.6 is 15.9 Å². The number of nitrogens with one attached hydrogen (secondary N) is 1. The molecule has 0 atom stereocenters. The average Bonchev–Trinajstić information content (AvgIpc) is 2.29. The molecule has 1 saturated heterocycles. The maximum Gasteiger partial charge on any atom is 0.175 e. The molecule has 1 heterocycles. The Labute approximate surface area is 110 Å². The number of benzene rings is 1. The molecule has 6 heteroatoms. The van der Waals surface area contributed by atoms with Gasteiger partial charge < -0.3 is 10.2 Å². The van der Waals surface area contributed by atoms with Crippen molar-refractivity contribution in [2.75, 3.05) is 37.3 Å². The van der Waals surface area contributed by atoms with Crippen LogP contribution in [0.15, 0.2) is 27.6 Å². The van der Waals surface area contributed by atoms with Crippen molar-refractivity contribution in [2.45, 2.75) is 4.90 Å². The van der Waals surface area contributed by atoms with Gasteiger partial charge in [0.15, 0.2) is 9.84 Å². The fourth-order valence-corrected chi connectivity index (χ4v) is 3.31. The highest BCUT2D eigenvalue weighted by molar-refractivity contribution is 9.10. The van der Waals surface area contributed by atoms with Crippen molar-refractivity contribution in [1.29, 1.82) is 0 Å². The second-order valence-electron chi connectivity index (χ2n) is 4.12. The number of halogens is 1. The number of piperazine rings is 1. The molecule has 17 heavy (non-hydrogen) atoms. The van der Waals surface area contributed by atoms with E-state index in [1.54, 1.807) is 12.1 Å². The van der Waals surface area contributed by atoms with E-state index >= 15 is 0 Å². The van der Waals surface area contributed by atoms with E-state index in [1.165, 1.54) is 6.26 Å². The van der Waals surface area contributed by atoms with Crippen LogP contribution in [0.3, 0.4) is 0 Å². The van der Waals surface area contributed by atoms with Crippen LogP contribution in [0.5, 0.6) is 0 Å². The Morgan fingerprint density at radius 3 is 2.47 bits per heavy atom. The van der Waals surface area contributed by atoms with E-state index in [0.717, 1.165) is 36.3 Å². The maximum atomic E-state index is 11.4. The fourth-order valence-electron chi connectivity index (χ4n) is 1.88. The first-order chi connectivity index (χ1) is 7.98. The van der Waals surface area contributed by atoms with Crippen molar-refractivity contribution < 1.29 is 8.42 Å². The molecule has 4 nitrogen and oxygen atoms in total. The first kappa shape index (κ1) is 12.9. The van der Waals surface area contributed by atoms with Gasteiger partial charge in [-0.3, -0.25) is 0 Å². The Hall–Kier alpha value is -0.590. The summed E-state index contributed by atoms with van der Waals surface area (Å²) in [5.74, 6) is 0. The molecular formula is C11H15BrN2O2S. The van der Waals surface area contributed by atoms with Crippen LogP contribution in [0.4, 0.5) is 5.69 Å². The predicted molar refractivity (Wildman–Crippen MR) is 72.3 cm³/mol. The van der Waals surface area contributed by atoms with Crippen molar-refractivity contribution in [3.05, 3.63) is 22.7 Å². The number of anilines is 1. The van der Waals surface area contributed by atoms with Crippen molar-refractivity contribution in [1.82, 2.24) is 5.32 Å². The summed E-state index contributed by atoms with van der Waals surface area (Å²) in [6.45, 7) is 3.80. The molecule has 0 amide bonds. The van der Waals surface area contributed by atoms with E-state index in [2.05, 4.69) is 26.1 Å². The molecule has 0 bridgehead atoms. The van der Waals surface area contributed by atoms with Gasteiger partial charge in [-0.25, -0.2) is 8.42 Å². The zero-order valence-corrected chi connectivity index (χ0v) is 12.0. The molecule has 0 aliphatic carbocycles. The van der Waals surface area contributed by atoms with E-state index < -0.39 is 9.84 Å². The molecule has 2 rings (SSSR count). The van der Waals surface area contributed by atoms with E-state index in [1.807, 2.05) is 6.07 Å². The van der Waals surface area contributed by atoms with Gasteiger partial charge in [0.1, 0.15) is 0 Å². The Morgan fingerprint density at radius 1 is 1.29 bits per heavy atom. The summed E-state index contributed by atoms with van der Waals surface area (Å²) in [5, 5.41) is 3.29. The second kappa shape index (κ2) is 4.96. The fraction of sp³-hybridized carbons (Fsp3) is 0.455. The lowest BCUT2D eigenvalue weighted by Crippen LogP contribution is -2.43. The summed E-state index contributed by atoms with van der Waals surface area (Å²) in [6.07, 6.45) is 1.22. The standard InChI is InChI=1S/C11H15BrN2O2S/c1-17(15,16)9-2-3-11(10(12)8-9)14-6-4-13-5-7-14/h2-3,8,13H,4-7H2,1H3. The van der Waals surface area contributed by atoms with Gasteiger partial charge in [0.2, 0.25) is 0 Å². The summed E-state index contributed by atoms with van der Waals surface area (Å²) in [5.41, 5.74) is 1.05. The Morgan fingerprint density at radius 2 is 1.94 bits per heavy atom. The minimum absolute atomic E-state index is 0.350. The summed E-state index contributed by atoms with van der Waals surface area (Å²) >= 11 is 3.45. The third kappa shape index (κ3) is 3.00. The summed E-state index contributed by atoms with van der Waals surface area (Å²) in [4.78, 5) is 2.59. The number of hydrogen-bond acceptors (Lipinski definition) is 4. The summed E-state index contributed by atoms with van der Waals surface area (Å²) < 4.78 is 23.7. The van der Waals surface area contributed by atoms with Gasteiger partial charge in [-0.2, -0.15) is 0 Å². The topological polar surface area (TPSA) is 49.4 Å². The molecule has 0 aromatic heterocycles. The van der Waals surface area contributed by atoms with Gasteiger partial charge in [0.25, 0.3) is 0 Å². The Balaban J connectivity index is 2.31. The molecule has 0 unspecified atom stereocenters. The van der Waals surface area contributed by atoms with Crippen LogP contribution in [0.25, 0.3) is 0 Å². The third-order valence-electron chi connectivity index (χ3n) is 2.80. The van der Waals surface area contributed by atoms with Crippen LogP contribution in [-0.2, 0) is 9.84 Å². The second-order valence-corrected chi connectivity index (χ2v) is 6.99. The first-order valence-corrected chi connectivity index (χ1v) is 8.12. The molecule has 0 spiro atoms. The molecular weight excluding hydrogens is 304 g/mol. The SMILES string of the molecule is CS(=O)(=O)c1ccc(N2CCNCC2)c(Br)c1. The number of rotatable bonds is 2. The van der Waals surface area contributed by atoms with Gasteiger partial charge in [-0.15, -0.1) is 0 Å². The summed E-state index contributed by atoms with van der Waals surface area (Å²) in [6, 6.07) is 5.20. The van der Waals surface area contributed by atoms with Crippen molar-refractivity contribution >= 4 is 31.5 Å². The molecule has 1 aromatic rings. The van der Waals surface area contributed by atoms with Crippen LogP contribution in [0.1, 0.15) is 0 Å². The van der Waals surface area contributed by atoms with Crippen LogP contribution in [-0.4, -0.2) is 40.9 Å². The lowest BCUT2D eigenvalue weighted by Gasteiger charge is -2.30. The normalized spacial score (nSPS) is 17.2. The zero-order chi connectivity index (χ0) is 12.5. The molecule has 0 radical (unpaired) electrons. The third-order valence-corrected chi connectivity index (χ3v) is 4.55. The number of sulfone groups is 1. The Kier molecular flexibility index (Phi) is 3.75. The van der Waals surface area contributed by atoms with E-state index in [9.17, 15) is 8.42 Å². The molecule has 1 aromatic carbocycles. The molecule has 1 N–H and O–H groups in total. The molecule has 1 aliphatic rings. The maximum absolute atomic E-state index is 11.4. The van der Waals surface area contributed by atoms with E-state index in [4.69, 9.17) is 0 Å². The number of nitrogens with zero attached hydrogens (tertiary/aromatic N) is 1. The van der Waals surface area contributed by atoms with Crippen molar-refractivity contribution in [2.24, 2.45) is 0 Å². The van der Waals surface area contributed by atoms with Gasteiger partial charge in [0.05, 0.1) is 10.6 Å². The average molecular weight is 319 g/mol. The highest BCUT2D eigenvalue weighted by atomic mass is 79.9. The van der Waals surface area contributed by atoms with Gasteiger partial charge in [-0.05, 0) is 34.1 Å². The minimum Gasteiger partial charge on any atom is -0.368 e. The molecule has 0 saturated carbocycles. The predicted octanol–water partition coefficient (Wildman–Crippen LogP) is 1.26. The smallest absolute Gasteiger partial charge is 0.175 e. The molecule has 1 fully saturated rings. The van der Waals surface area contributed by atoms with Gasteiger partial charge in [0, 0.05) is 36.9 Å². The summed E-state index contributed by atoms with van der Waals surface area (Å²) in [7, 11) is -3.13. The molecule has 1 aliphatic heterocycles. The lowest BCUT2D eigenvalue weighted by atomic mass is 10.2. The lowest BCUT2D eigenvalue weighted by molar-refractivity contribution is 0.588. The quantitative estimate of drug-likeness (QED) is 0.892.